The molecule has 1 saturated carbocycles. The number of hydrogen-bond acceptors (Lipinski definition) is 3. The van der Waals surface area contributed by atoms with Gasteiger partial charge in [0, 0.05) is 18.4 Å². The molecular weight excluding hydrogens is 228 g/mol. The highest BCUT2D eigenvalue weighted by Gasteiger charge is 2.34. The van der Waals surface area contributed by atoms with Gasteiger partial charge in [-0.15, -0.1) is 0 Å². The summed E-state index contributed by atoms with van der Waals surface area (Å²) in [4.78, 5) is 19.1. The lowest BCUT2D eigenvalue weighted by Crippen LogP contribution is -2.19. The topological polar surface area (TPSA) is 55.0 Å². The fraction of sp³-hybridized carbons (Fsp3) is 0.714. The number of aromatic nitrogens is 2. The van der Waals surface area contributed by atoms with Crippen LogP contribution in [0.15, 0.2) is 10.9 Å². The summed E-state index contributed by atoms with van der Waals surface area (Å²) in [6.45, 7) is 6.89. The Morgan fingerprint density at radius 1 is 1.50 bits per heavy atom. The molecule has 0 aliphatic heterocycles. The molecular formula is C14H22N2O2. The SMILES string of the molecule is CCOC(c1nc(CC(C)C)cc(=O)[nH]1)C1CC1. The molecule has 0 amide bonds. The summed E-state index contributed by atoms with van der Waals surface area (Å²) >= 11 is 0. The quantitative estimate of drug-likeness (QED) is 0.843. The first-order chi connectivity index (χ1) is 8.60. The number of nitrogens with one attached hydrogen (secondary N) is 1. The van der Waals surface area contributed by atoms with Crippen LogP contribution in [0.25, 0.3) is 0 Å². The van der Waals surface area contributed by atoms with Gasteiger partial charge in [-0.25, -0.2) is 4.98 Å². The van der Waals surface area contributed by atoms with Gasteiger partial charge in [0.05, 0.1) is 0 Å². The van der Waals surface area contributed by atoms with Crippen molar-refractivity contribution in [3.63, 3.8) is 0 Å². The van der Waals surface area contributed by atoms with Crippen LogP contribution in [0.4, 0.5) is 0 Å². The Morgan fingerprint density at radius 2 is 2.22 bits per heavy atom. The number of rotatable bonds is 6. The maximum atomic E-state index is 11.7. The van der Waals surface area contributed by atoms with Crippen molar-refractivity contribution >= 4 is 0 Å². The van der Waals surface area contributed by atoms with Crippen LogP contribution in [0.2, 0.25) is 0 Å². The molecule has 0 aromatic carbocycles. The van der Waals surface area contributed by atoms with E-state index in [1.807, 2.05) is 6.92 Å². The second-order valence-electron chi connectivity index (χ2n) is 5.43. The molecule has 18 heavy (non-hydrogen) atoms. The Morgan fingerprint density at radius 3 is 2.78 bits per heavy atom. The van der Waals surface area contributed by atoms with E-state index in [2.05, 4.69) is 23.8 Å². The normalized spacial score (nSPS) is 17.1. The van der Waals surface area contributed by atoms with E-state index in [0.29, 0.717) is 24.3 Å². The minimum absolute atomic E-state index is 0.0326. The second-order valence-corrected chi connectivity index (χ2v) is 5.43. The van der Waals surface area contributed by atoms with Gasteiger partial charge in [0.1, 0.15) is 11.9 Å². The Labute approximate surface area is 108 Å². The molecule has 0 saturated heterocycles. The van der Waals surface area contributed by atoms with E-state index in [4.69, 9.17) is 4.74 Å². The standard InChI is InChI=1S/C14H22N2O2/c1-4-18-13(10-5-6-10)14-15-11(7-9(2)3)8-12(17)16-14/h8-10,13H,4-7H2,1-3H3,(H,15,16,17). The highest BCUT2D eigenvalue weighted by molar-refractivity contribution is 5.07. The van der Waals surface area contributed by atoms with Crippen LogP contribution < -0.4 is 5.56 Å². The zero-order valence-corrected chi connectivity index (χ0v) is 11.4. The van der Waals surface area contributed by atoms with E-state index in [9.17, 15) is 4.79 Å². The average molecular weight is 250 g/mol. The summed E-state index contributed by atoms with van der Waals surface area (Å²) in [5, 5.41) is 0. The van der Waals surface area contributed by atoms with Crippen molar-refractivity contribution in [3.8, 4) is 0 Å². The summed E-state index contributed by atoms with van der Waals surface area (Å²) in [6.07, 6.45) is 3.14. The van der Waals surface area contributed by atoms with E-state index < -0.39 is 0 Å². The smallest absolute Gasteiger partial charge is 0.251 e. The lowest BCUT2D eigenvalue weighted by Gasteiger charge is -2.16. The van der Waals surface area contributed by atoms with E-state index >= 15 is 0 Å². The summed E-state index contributed by atoms with van der Waals surface area (Å²) in [5.41, 5.74) is 0.801. The van der Waals surface area contributed by atoms with Crippen LogP contribution in [0.5, 0.6) is 0 Å². The van der Waals surface area contributed by atoms with Crippen LogP contribution in [0.3, 0.4) is 0 Å². The molecule has 1 aliphatic carbocycles. The van der Waals surface area contributed by atoms with Crippen molar-refractivity contribution in [2.45, 2.75) is 46.1 Å². The van der Waals surface area contributed by atoms with Gasteiger partial charge in [0.2, 0.25) is 0 Å². The number of H-pyrrole nitrogens is 1. The van der Waals surface area contributed by atoms with Crippen LogP contribution in [0, 0.1) is 11.8 Å². The van der Waals surface area contributed by atoms with Crippen LogP contribution in [-0.4, -0.2) is 16.6 Å². The van der Waals surface area contributed by atoms with Crippen molar-refractivity contribution in [2.75, 3.05) is 6.61 Å². The zero-order valence-electron chi connectivity index (χ0n) is 11.4. The first-order valence-corrected chi connectivity index (χ1v) is 6.82. The molecule has 2 rings (SSSR count). The van der Waals surface area contributed by atoms with Crippen molar-refractivity contribution < 1.29 is 4.74 Å². The summed E-state index contributed by atoms with van der Waals surface area (Å²) in [7, 11) is 0. The van der Waals surface area contributed by atoms with Crippen LogP contribution >= 0.6 is 0 Å². The van der Waals surface area contributed by atoms with E-state index in [0.717, 1.165) is 12.1 Å². The van der Waals surface area contributed by atoms with Crippen molar-refractivity contribution in [3.05, 3.63) is 27.9 Å². The monoisotopic (exact) mass is 250 g/mol. The fourth-order valence-electron chi connectivity index (χ4n) is 2.20. The maximum Gasteiger partial charge on any atom is 0.251 e. The Bertz CT molecular complexity index is 449. The molecule has 100 valence electrons. The average Bonchev–Trinajstić information content (AvgIpc) is 3.07. The van der Waals surface area contributed by atoms with Gasteiger partial charge in [-0.2, -0.15) is 0 Å². The predicted octanol–water partition coefficient (Wildman–Crippen LogP) is 2.46. The molecule has 1 unspecified atom stereocenters. The molecule has 1 N–H and O–H groups in total. The van der Waals surface area contributed by atoms with Crippen molar-refractivity contribution in [1.82, 2.24) is 9.97 Å². The van der Waals surface area contributed by atoms with Crippen LogP contribution in [0.1, 0.15) is 51.2 Å². The van der Waals surface area contributed by atoms with Gasteiger partial charge in [-0.1, -0.05) is 13.8 Å². The second kappa shape index (κ2) is 5.65. The number of ether oxygens (including phenoxy) is 1. The lowest BCUT2D eigenvalue weighted by atomic mass is 10.1. The largest absolute Gasteiger partial charge is 0.370 e. The molecule has 0 radical (unpaired) electrons. The summed E-state index contributed by atoms with van der Waals surface area (Å²) in [6, 6.07) is 1.60. The first kappa shape index (κ1) is 13.3. The molecule has 1 aromatic rings. The molecule has 0 bridgehead atoms. The fourth-order valence-corrected chi connectivity index (χ4v) is 2.20. The Kier molecular flexibility index (Phi) is 4.17. The third-order valence-corrected chi connectivity index (χ3v) is 3.10. The highest BCUT2D eigenvalue weighted by atomic mass is 16.5. The third kappa shape index (κ3) is 3.42. The molecule has 1 aliphatic rings. The minimum Gasteiger partial charge on any atom is -0.370 e. The van der Waals surface area contributed by atoms with Gasteiger partial charge >= 0.3 is 0 Å². The molecule has 4 heteroatoms. The van der Waals surface area contributed by atoms with Crippen molar-refractivity contribution in [2.24, 2.45) is 11.8 Å². The van der Waals surface area contributed by atoms with Gasteiger partial charge in [-0.05, 0) is 38.0 Å². The molecule has 0 spiro atoms. The van der Waals surface area contributed by atoms with Gasteiger partial charge in [-0.3, -0.25) is 4.79 Å². The molecule has 1 heterocycles. The van der Waals surface area contributed by atoms with E-state index in [1.54, 1.807) is 6.07 Å². The van der Waals surface area contributed by atoms with Crippen molar-refractivity contribution in [1.29, 1.82) is 0 Å². The molecule has 1 aromatic heterocycles. The minimum atomic E-state index is -0.0685. The van der Waals surface area contributed by atoms with Gasteiger partial charge in [0.15, 0.2) is 0 Å². The Hall–Kier alpha value is -1.16. The van der Waals surface area contributed by atoms with E-state index in [-0.39, 0.29) is 11.7 Å². The zero-order chi connectivity index (χ0) is 13.1. The van der Waals surface area contributed by atoms with Crippen LogP contribution in [-0.2, 0) is 11.2 Å². The summed E-state index contributed by atoms with van der Waals surface area (Å²) in [5.74, 6) is 1.74. The molecule has 4 nitrogen and oxygen atoms in total. The molecule has 1 atom stereocenters. The van der Waals surface area contributed by atoms with Gasteiger partial charge < -0.3 is 9.72 Å². The third-order valence-electron chi connectivity index (χ3n) is 3.10. The maximum absolute atomic E-state index is 11.7. The first-order valence-electron chi connectivity index (χ1n) is 6.82. The molecule has 1 fully saturated rings. The highest BCUT2D eigenvalue weighted by Crippen LogP contribution is 2.41. The van der Waals surface area contributed by atoms with Gasteiger partial charge in [0.25, 0.3) is 5.56 Å². The number of aromatic amines is 1. The Balaban J connectivity index is 2.24. The number of nitrogens with zero attached hydrogens (tertiary/aromatic N) is 1. The predicted molar refractivity (Wildman–Crippen MR) is 70.5 cm³/mol. The van der Waals surface area contributed by atoms with E-state index in [1.165, 1.54) is 12.8 Å². The number of hydrogen-bond donors (Lipinski definition) is 1. The lowest BCUT2D eigenvalue weighted by molar-refractivity contribution is 0.0397. The summed E-state index contributed by atoms with van der Waals surface area (Å²) < 4.78 is 5.73.